The average Bonchev–Trinajstić information content (AvgIpc) is 2.98. The van der Waals surface area contributed by atoms with Crippen molar-refractivity contribution in [1.82, 2.24) is 0 Å². The van der Waals surface area contributed by atoms with E-state index in [1.165, 1.54) is 4.90 Å². The number of benzene rings is 2. The smallest absolute Gasteiger partial charge is 0.336 e. The predicted molar refractivity (Wildman–Crippen MR) is 92.4 cm³/mol. The molecule has 126 valence electrons. The highest BCUT2D eigenvalue weighted by Gasteiger charge is 2.42. The molecule has 0 fully saturated rings. The highest BCUT2D eigenvalue weighted by molar-refractivity contribution is 6.30. The summed E-state index contributed by atoms with van der Waals surface area (Å²) in [5.74, 6) is -0.754. The van der Waals surface area contributed by atoms with E-state index in [-0.39, 0.29) is 30.6 Å². The average molecular weight is 356 g/mol. The van der Waals surface area contributed by atoms with Crippen LogP contribution < -0.4 is 4.90 Å². The molecule has 5 nitrogen and oxygen atoms in total. The van der Waals surface area contributed by atoms with Crippen molar-refractivity contribution in [3.05, 3.63) is 70.4 Å². The van der Waals surface area contributed by atoms with Crippen LogP contribution in [0.2, 0.25) is 5.02 Å². The summed E-state index contributed by atoms with van der Waals surface area (Å²) >= 11 is 5.92. The van der Waals surface area contributed by atoms with Gasteiger partial charge in [-0.05, 0) is 42.0 Å². The van der Waals surface area contributed by atoms with Crippen molar-refractivity contribution >= 4 is 29.2 Å². The first-order valence-corrected chi connectivity index (χ1v) is 8.20. The molecule has 2 aliphatic rings. The van der Waals surface area contributed by atoms with E-state index in [0.29, 0.717) is 22.0 Å². The van der Waals surface area contributed by atoms with E-state index < -0.39 is 5.97 Å². The topological polar surface area (TPSA) is 66.8 Å². The van der Waals surface area contributed by atoms with Gasteiger partial charge in [-0.2, -0.15) is 0 Å². The quantitative estimate of drug-likeness (QED) is 0.839. The lowest BCUT2D eigenvalue weighted by molar-refractivity contribution is -0.136. The van der Waals surface area contributed by atoms with Crippen LogP contribution in [0.4, 0.5) is 5.69 Å². The number of nitrogens with zero attached hydrogens (tertiary/aromatic N) is 1. The number of phenols is 1. The van der Waals surface area contributed by atoms with Gasteiger partial charge in [0.05, 0.1) is 11.3 Å². The largest absolute Gasteiger partial charge is 0.508 e. The van der Waals surface area contributed by atoms with Gasteiger partial charge in [0, 0.05) is 23.0 Å². The van der Waals surface area contributed by atoms with Crippen molar-refractivity contribution < 1.29 is 19.4 Å². The van der Waals surface area contributed by atoms with E-state index in [9.17, 15) is 14.7 Å². The monoisotopic (exact) mass is 355 g/mol. The van der Waals surface area contributed by atoms with E-state index in [0.717, 1.165) is 5.56 Å². The second-order valence-corrected chi connectivity index (χ2v) is 6.43. The fraction of sp³-hybridized carbons (Fsp3) is 0.158. The molecular formula is C19H14ClNO4. The van der Waals surface area contributed by atoms with Gasteiger partial charge >= 0.3 is 5.97 Å². The molecule has 0 spiro atoms. The lowest BCUT2D eigenvalue weighted by atomic mass is 9.84. The molecule has 0 saturated heterocycles. The summed E-state index contributed by atoms with van der Waals surface area (Å²) in [6, 6.07) is 13.4. The Kier molecular flexibility index (Phi) is 3.73. The van der Waals surface area contributed by atoms with Crippen molar-refractivity contribution in [3.63, 3.8) is 0 Å². The molecule has 1 amide bonds. The minimum Gasteiger partial charge on any atom is -0.508 e. The van der Waals surface area contributed by atoms with E-state index in [1.807, 2.05) is 0 Å². The highest BCUT2D eigenvalue weighted by atomic mass is 35.5. The number of cyclic esters (lactones) is 1. The Morgan fingerprint density at radius 2 is 1.72 bits per heavy atom. The molecular weight excluding hydrogens is 342 g/mol. The molecule has 4 rings (SSSR count). The van der Waals surface area contributed by atoms with Crippen LogP contribution in [0.1, 0.15) is 17.9 Å². The summed E-state index contributed by atoms with van der Waals surface area (Å²) < 4.78 is 5.22. The number of hydrogen-bond acceptors (Lipinski definition) is 4. The zero-order chi connectivity index (χ0) is 17.6. The maximum atomic E-state index is 12.8. The Morgan fingerprint density at radius 1 is 1.04 bits per heavy atom. The zero-order valence-electron chi connectivity index (χ0n) is 13.1. The number of ether oxygens (including phenoxy) is 1. The number of rotatable bonds is 2. The van der Waals surface area contributed by atoms with Crippen molar-refractivity contribution in [2.24, 2.45) is 0 Å². The SMILES string of the molecule is O=C1OCC2=C1[C@H](c1ccc(O)cc1)CC(=O)N2c1ccc(Cl)cc1. The molecule has 2 aliphatic heterocycles. The van der Waals surface area contributed by atoms with Gasteiger partial charge in [0.2, 0.25) is 5.91 Å². The third-order valence-electron chi connectivity index (χ3n) is 4.50. The first kappa shape index (κ1) is 15.7. The lowest BCUT2D eigenvalue weighted by Gasteiger charge is -2.31. The number of amides is 1. The molecule has 0 unspecified atom stereocenters. The molecule has 0 aliphatic carbocycles. The van der Waals surface area contributed by atoms with Gasteiger partial charge in [-0.15, -0.1) is 0 Å². The Bertz CT molecular complexity index is 887. The third-order valence-corrected chi connectivity index (χ3v) is 4.75. The molecule has 0 radical (unpaired) electrons. The van der Waals surface area contributed by atoms with Gasteiger partial charge in [-0.1, -0.05) is 23.7 Å². The molecule has 6 heteroatoms. The second kappa shape index (κ2) is 5.93. The van der Waals surface area contributed by atoms with Crippen LogP contribution in [0.25, 0.3) is 0 Å². The standard InChI is InChI=1S/C19H14ClNO4/c20-12-3-5-13(6-4-12)21-16-10-25-19(24)18(16)15(9-17(21)23)11-1-7-14(22)8-2-11/h1-8,15,22H,9-10H2/t15-/m0/s1. The Balaban J connectivity index is 1.81. The first-order valence-electron chi connectivity index (χ1n) is 7.82. The molecule has 2 heterocycles. The summed E-state index contributed by atoms with van der Waals surface area (Å²) in [5.41, 5.74) is 2.53. The maximum absolute atomic E-state index is 12.8. The highest BCUT2D eigenvalue weighted by Crippen LogP contribution is 2.42. The van der Waals surface area contributed by atoms with Gasteiger partial charge in [0.1, 0.15) is 12.4 Å². The van der Waals surface area contributed by atoms with Crippen LogP contribution in [0.5, 0.6) is 5.75 Å². The predicted octanol–water partition coefficient (Wildman–Crippen LogP) is 3.38. The summed E-state index contributed by atoms with van der Waals surface area (Å²) in [4.78, 5) is 26.7. The summed E-state index contributed by atoms with van der Waals surface area (Å²) in [7, 11) is 0. The number of aromatic hydroxyl groups is 1. The zero-order valence-corrected chi connectivity index (χ0v) is 13.9. The molecule has 0 bridgehead atoms. The van der Waals surface area contributed by atoms with E-state index >= 15 is 0 Å². The summed E-state index contributed by atoms with van der Waals surface area (Å²) in [6.07, 6.45) is 0.154. The van der Waals surface area contributed by atoms with Crippen molar-refractivity contribution in [3.8, 4) is 5.75 Å². The van der Waals surface area contributed by atoms with Gasteiger partial charge < -0.3 is 9.84 Å². The van der Waals surface area contributed by atoms with E-state index in [4.69, 9.17) is 16.3 Å². The molecule has 0 aromatic heterocycles. The first-order chi connectivity index (χ1) is 12.0. The van der Waals surface area contributed by atoms with Gasteiger partial charge in [-0.3, -0.25) is 9.69 Å². The summed E-state index contributed by atoms with van der Waals surface area (Å²) in [5, 5.41) is 10.0. The Labute approximate surface area is 149 Å². The van der Waals surface area contributed by atoms with Crippen molar-refractivity contribution in [1.29, 1.82) is 0 Å². The molecule has 0 saturated carbocycles. The van der Waals surface area contributed by atoms with E-state index in [2.05, 4.69) is 0 Å². The molecule has 25 heavy (non-hydrogen) atoms. The van der Waals surface area contributed by atoms with Crippen LogP contribution in [-0.2, 0) is 14.3 Å². The van der Waals surface area contributed by atoms with Crippen molar-refractivity contribution in [2.75, 3.05) is 11.5 Å². The normalized spacial score (nSPS) is 19.9. The second-order valence-electron chi connectivity index (χ2n) is 5.99. The number of esters is 1. The number of halogens is 1. The lowest BCUT2D eigenvalue weighted by Crippen LogP contribution is -2.37. The molecule has 1 N–H and O–H groups in total. The molecule has 2 aromatic carbocycles. The fourth-order valence-electron chi connectivity index (χ4n) is 3.34. The van der Waals surface area contributed by atoms with Gasteiger partial charge in [0.15, 0.2) is 0 Å². The minimum absolute atomic E-state index is 0.0666. The number of carbonyl (C=O) groups is 2. The number of phenolic OH excluding ortho intramolecular Hbond substituents is 1. The van der Waals surface area contributed by atoms with Crippen molar-refractivity contribution in [2.45, 2.75) is 12.3 Å². The fourth-order valence-corrected chi connectivity index (χ4v) is 3.46. The van der Waals surface area contributed by atoms with E-state index in [1.54, 1.807) is 48.5 Å². The van der Waals surface area contributed by atoms with Crippen LogP contribution in [-0.4, -0.2) is 23.6 Å². The van der Waals surface area contributed by atoms with Gasteiger partial charge in [0.25, 0.3) is 0 Å². The third kappa shape index (κ3) is 2.66. The number of hydrogen-bond donors (Lipinski definition) is 1. The number of anilines is 1. The summed E-state index contributed by atoms with van der Waals surface area (Å²) in [6.45, 7) is 0.0666. The number of carbonyl (C=O) groups excluding carboxylic acids is 2. The molecule has 1 atom stereocenters. The van der Waals surface area contributed by atoms with Gasteiger partial charge in [-0.25, -0.2) is 4.79 Å². The van der Waals surface area contributed by atoms with Crippen LogP contribution in [0, 0.1) is 0 Å². The van der Waals surface area contributed by atoms with Crippen LogP contribution in [0.3, 0.4) is 0 Å². The Morgan fingerprint density at radius 3 is 2.40 bits per heavy atom. The minimum atomic E-state index is -0.403. The van der Waals surface area contributed by atoms with Crippen LogP contribution >= 0.6 is 11.6 Å². The van der Waals surface area contributed by atoms with Crippen LogP contribution in [0.15, 0.2) is 59.8 Å². The molecule has 2 aromatic rings. The maximum Gasteiger partial charge on any atom is 0.336 e. The Hall–Kier alpha value is -2.79.